The van der Waals surface area contributed by atoms with Crippen molar-refractivity contribution in [3.8, 4) is 5.75 Å². The largest absolute Gasteiger partial charge is 0.497 e. The molecule has 0 aliphatic heterocycles. The number of amides is 1. The first-order chi connectivity index (χ1) is 6.63. The van der Waals surface area contributed by atoms with Crippen LogP contribution in [-0.2, 0) is 4.79 Å². The fourth-order valence-corrected chi connectivity index (χ4v) is 1.21. The second-order valence-electron chi connectivity index (χ2n) is 3.05. The highest BCUT2D eigenvalue weighted by atomic mass is 16.5. The van der Waals surface area contributed by atoms with E-state index in [1.165, 1.54) is 0 Å². The van der Waals surface area contributed by atoms with Crippen LogP contribution in [0.1, 0.15) is 18.0 Å². The van der Waals surface area contributed by atoms with Crippen molar-refractivity contribution in [3.05, 3.63) is 29.8 Å². The van der Waals surface area contributed by atoms with E-state index in [1.807, 2.05) is 18.2 Å². The normalized spacial score (nSPS) is 12.1. The Hall–Kier alpha value is -1.55. The average molecular weight is 194 g/mol. The molecular weight excluding hydrogens is 180 g/mol. The van der Waals surface area contributed by atoms with Crippen molar-refractivity contribution in [2.45, 2.75) is 12.5 Å². The van der Waals surface area contributed by atoms with Gasteiger partial charge in [0.25, 0.3) is 0 Å². The Morgan fingerprint density at radius 1 is 1.57 bits per heavy atom. The molecule has 4 heteroatoms. The van der Waals surface area contributed by atoms with Crippen LogP contribution in [0.3, 0.4) is 0 Å². The molecule has 0 saturated carbocycles. The number of hydrogen-bond donors (Lipinski definition) is 2. The quantitative estimate of drug-likeness (QED) is 0.735. The fraction of sp³-hybridized carbons (Fsp3) is 0.300. The molecule has 1 atom stereocenters. The van der Waals surface area contributed by atoms with Crippen molar-refractivity contribution >= 4 is 5.91 Å². The van der Waals surface area contributed by atoms with Gasteiger partial charge in [-0.15, -0.1) is 0 Å². The van der Waals surface area contributed by atoms with E-state index < -0.39 is 5.91 Å². The summed E-state index contributed by atoms with van der Waals surface area (Å²) in [5.74, 6) is 0.322. The van der Waals surface area contributed by atoms with Crippen LogP contribution in [0.5, 0.6) is 5.75 Å². The summed E-state index contributed by atoms with van der Waals surface area (Å²) >= 11 is 0. The van der Waals surface area contributed by atoms with E-state index >= 15 is 0 Å². The lowest BCUT2D eigenvalue weighted by Gasteiger charge is -2.10. The van der Waals surface area contributed by atoms with Crippen molar-refractivity contribution in [2.75, 3.05) is 7.11 Å². The van der Waals surface area contributed by atoms with Gasteiger partial charge in [-0.05, 0) is 17.7 Å². The van der Waals surface area contributed by atoms with Crippen LogP contribution in [0.2, 0.25) is 0 Å². The molecule has 0 aromatic heterocycles. The van der Waals surface area contributed by atoms with Crippen molar-refractivity contribution in [3.63, 3.8) is 0 Å². The van der Waals surface area contributed by atoms with Crippen LogP contribution in [0, 0.1) is 0 Å². The van der Waals surface area contributed by atoms with Crippen LogP contribution in [0.25, 0.3) is 0 Å². The minimum atomic E-state index is -0.402. The number of benzene rings is 1. The molecule has 1 rings (SSSR count). The third-order valence-corrected chi connectivity index (χ3v) is 1.94. The standard InChI is InChI=1S/C10H14N2O2/c1-14-8-4-2-3-7(5-8)9(11)6-10(12)13/h2-5,9H,6,11H2,1H3,(H2,12,13)/t9-/m1/s1. The van der Waals surface area contributed by atoms with Gasteiger partial charge < -0.3 is 16.2 Å². The van der Waals surface area contributed by atoms with Gasteiger partial charge in [0.15, 0.2) is 0 Å². The average Bonchev–Trinajstić information content (AvgIpc) is 2.17. The van der Waals surface area contributed by atoms with Crippen LogP contribution in [0.15, 0.2) is 24.3 Å². The molecule has 4 N–H and O–H groups in total. The van der Waals surface area contributed by atoms with Gasteiger partial charge in [0.2, 0.25) is 5.91 Å². The first-order valence-corrected chi connectivity index (χ1v) is 4.31. The van der Waals surface area contributed by atoms with Gasteiger partial charge in [-0.3, -0.25) is 4.79 Å². The zero-order chi connectivity index (χ0) is 10.6. The molecule has 76 valence electrons. The summed E-state index contributed by atoms with van der Waals surface area (Å²) in [5, 5.41) is 0. The molecule has 0 spiro atoms. The van der Waals surface area contributed by atoms with Gasteiger partial charge in [-0.1, -0.05) is 12.1 Å². The Morgan fingerprint density at radius 3 is 2.86 bits per heavy atom. The van der Waals surface area contributed by atoms with E-state index in [0.717, 1.165) is 11.3 Å². The lowest BCUT2D eigenvalue weighted by molar-refractivity contribution is -0.118. The molecule has 14 heavy (non-hydrogen) atoms. The van der Waals surface area contributed by atoms with Crippen LogP contribution < -0.4 is 16.2 Å². The van der Waals surface area contributed by atoms with Crippen LogP contribution in [-0.4, -0.2) is 13.0 Å². The predicted octanol–water partition coefficient (Wildman–Crippen LogP) is 0.570. The molecule has 4 nitrogen and oxygen atoms in total. The summed E-state index contributed by atoms with van der Waals surface area (Å²) in [4.78, 5) is 10.6. The summed E-state index contributed by atoms with van der Waals surface area (Å²) < 4.78 is 5.04. The lowest BCUT2D eigenvalue weighted by atomic mass is 10.0. The Labute approximate surface area is 82.8 Å². The maximum Gasteiger partial charge on any atom is 0.219 e. The van der Waals surface area contributed by atoms with Gasteiger partial charge in [0.1, 0.15) is 5.75 Å². The maximum atomic E-state index is 10.6. The molecule has 0 fully saturated rings. The number of carbonyl (C=O) groups excluding carboxylic acids is 1. The Kier molecular flexibility index (Phi) is 3.48. The number of ether oxygens (including phenoxy) is 1. The SMILES string of the molecule is COc1cccc([C@H](N)CC(N)=O)c1. The van der Waals surface area contributed by atoms with Crippen LogP contribution >= 0.6 is 0 Å². The third kappa shape index (κ3) is 2.74. The summed E-state index contributed by atoms with van der Waals surface area (Å²) in [6, 6.07) is 6.93. The van der Waals surface area contributed by atoms with E-state index in [0.29, 0.717) is 0 Å². The van der Waals surface area contributed by atoms with E-state index in [4.69, 9.17) is 16.2 Å². The predicted molar refractivity (Wildman–Crippen MR) is 53.7 cm³/mol. The number of primary amides is 1. The van der Waals surface area contributed by atoms with Gasteiger partial charge in [-0.25, -0.2) is 0 Å². The molecule has 0 unspecified atom stereocenters. The van der Waals surface area contributed by atoms with Gasteiger partial charge >= 0.3 is 0 Å². The Bertz CT molecular complexity index is 326. The summed E-state index contributed by atoms with van der Waals surface area (Å²) in [5.41, 5.74) is 11.7. The molecule has 1 amide bonds. The molecule has 1 aromatic rings. The summed E-state index contributed by atoms with van der Waals surface area (Å²) in [6.45, 7) is 0. The maximum absolute atomic E-state index is 10.6. The smallest absolute Gasteiger partial charge is 0.219 e. The first kappa shape index (κ1) is 10.5. The van der Waals surface area contributed by atoms with Gasteiger partial charge in [-0.2, -0.15) is 0 Å². The zero-order valence-electron chi connectivity index (χ0n) is 8.07. The highest BCUT2D eigenvalue weighted by molar-refractivity contribution is 5.74. The van der Waals surface area contributed by atoms with Crippen molar-refractivity contribution in [2.24, 2.45) is 11.5 Å². The number of hydrogen-bond acceptors (Lipinski definition) is 3. The molecule has 0 aliphatic rings. The minimum absolute atomic E-state index is 0.146. The number of methoxy groups -OCH3 is 1. The second-order valence-corrected chi connectivity index (χ2v) is 3.05. The van der Waals surface area contributed by atoms with E-state index in [1.54, 1.807) is 13.2 Å². The first-order valence-electron chi connectivity index (χ1n) is 4.31. The second kappa shape index (κ2) is 4.62. The topological polar surface area (TPSA) is 78.3 Å². The van der Waals surface area contributed by atoms with Gasteiger partial charge in [0, 0.05) is 12.5 Å². The highest BCUT2D eigenvalue weighted by Gasteiger charge is 2.09. The molecule has 0 radical (unpaired) electrons. The van der Waals surface area contributed by atoms with E-state index in [-0.39, 0.29) is 12.5 Å². The number of carbonyl (C=O) groups is 1. The summed E-state index contributed by atoms with van der Waals surface area (Å²) in [6.07, 6.45) is 0.146. The summed E-state index contributed by atoms with van der Waals surface area (Å²) in [7, 11) is 1.58. The van der Waals surface area contributed by atoms with Crippen molar-refractivity contribution in [1.82, 2.24) is 0 Å². The lowest BCUT2D eigenvalue weighted by Crippen LogP contribution is -2.20. The fourth-order valence-electron chi connectivity index (χ4n) is 1.21. The van der Waals surface area contributed by atoms with E-state index in [9.17, 15) is 4.79 Å². The minimum Gasteiger partial charge on any atom is -0.497 e. The molecule has 0 bridgehead atoms. The Balaban J connectivity index is 2.78. The number of rotatable bonds is 4. The van der Waals surface area contributed by atoms with Crippen molar-refractivity contribution < 1.29 is 9.53 Å². The molecule has 0 aliphatic carbocycles. The number of nitrogens with two attached hydrogens (primary N) is 2. The molecule has 0 heterocycles. The monoisotopic (exact) mass is 194 g/mol. The van der Waals surface area contributed by atoms with Crippen molar-refractivity contribution in [1.29, 1.82) is 0 Å². The Morgan fingerprint density at radius 2 is 2.29 bits per heavy atom. The molecule has 0 saturated heterocycles. The highest BCUT2D eigenvalue weighted by Crippen LogP contribution is 2.19. The van der Waals surface area contributed by atoms with Crippen LogP contribution in [0.4, 0.5) is 0 Å². The third-order valence-electron chi connectivity index (χ3n) is 1.94. The van der Waals surface area contributed by atoms with E-state index in [2.05, 4.69) is 0 Å². The molecule has 1 aromatic carbocycles. The van der Waals surface area contributed by atoms with Gasteiger partial charge in [0.05, 0.1) is 7.11 Å². The molecular formula is C10H14N2O2. The zero-order valence-corrected chi connectivity index (χ0v) is 8.07.